The van der Waals surface area contributed by atoms with Crippen LogP contribution in [0.1, 0.15) is 24.9 Å². The molecule has 3 rings (SSSR count). The zero-order valence-corrected chi connectivity index (χ0v) is 11.5. The SMILES string of the molecule is CCCc1nc2ccccc2n1Cc1nnsc1N. The van der Waals surface area contributed by atoms with Crippen molar-refractivity contribution in [3.05, 3.63) is 35.8 Å². The molecule has 2 aromatic heterocycles. The molecule has 0 unspecified atom stereocenters. The third kappa shape index (κ3) is 2.19. The van der Waals surface area contributed by atoms with Crippen LogP contribution in [-0.2, 0) is 13.0 Å². The van der Waals surface area contributed by atoms with Crippen molar-refractivity contribution in [1.82, 2.24) is 19.1 Å². The fourth-order valence-corrected chi connectivity index (χ4v) is 2.63. The maximum absolute atomic E-state index is 5.89. The summed E-state index contributed by atoms with van der Waals surface area (Å²) in [6.07, 6.45) is 2.01. The monoisotopic (exact) mass is 273 g/mol. The van der Waals surface area contributed by atoms with E-state index in [2.05, 4.69) is 32.1 Å². The second-order valence-electron chi connectivity index (χ2n) is 4.44. The maximum Gasteiger partial charge on any atom is 0.132 e. The Balaban J connectivity index is 2.09. The van der Waals surface area contributed by atoms with Gasteiger partial charge in [-0.25, -0.2) is 4.98 Å². The summed E-state index contributed by atoms with van der Waals surface area (Å²) in [6.45, 7) is 2.79. The van der Waals surface area contributed by atoms with Crippen LogP contribution in [0.4, 0.5) is 5.00 Å². The number of hydrogen-bond acceptors (Lipinski definition) is 5. The maximum atomic E-state index is 5.89. The zero-order valence-electron chi connectivity index (χ0n) is 10.7. The molecule has 0 saturated carbocycles. The second kappa shape index (κ2) is 4.97. The Morgan fingerprint density at radius 2 is 2.16 bits per heavy atom. The number of anilines is 1. The van der Waals surface area contributed by atoms with Gasteiger partial charge in [-0.05, 0) is 18.6 Å². The van der Waals surface area contributed by atoms with E-state index in [1.54, 1.807) is 0 Å². The van der Waals surface area contributed by atoms with Gasteiger partial charge >= 0.3 is 0 Å². The zero-order chi connectivity index (χ0) is 13.2. The predicted molar refractivity (Wildman–Crippen MR) is 77.2 cm³/mol. The lowest BCUT2D eigenvalue weighted by Crippen LogP contribution is -2.07. The van der Waals surface area contributed by atoms with E-state index >= 15 is 0 Å². The Morgan fingerprint density at radius 1 is 1.32 bits per heavy atom. The van der Waals surface area contributed by atoms with Gasteiger partial charge in [-0.1, -0.05) is 23.5 Å². The lowest BCUT2D eigenvalue weighted by Gasteiger charge is -2.06. The minimum Gasteiger partial charge on any atom is -0.388 e. The van der Waals surface area contributed by atoms with Crippen molar-refractivity contribution in [2.24, 2.45) is 0 Å². The highest BCUT2D eigenvalue weighted by Crippen LogP contribution is 2.21. The van der Waals surface area contributed by atoms with Crippen molar-refractivity contribution in [2.75, 3.05) is 5.73 Å². The summed E-state index contributed by atoms with van der Waals surface area (Å²) in [7, 11) is 0. The van der Waals surface area contributed by atoms with Crippen molar-refractivity contribution in [3.63, 3.8) is 0 Å². The molecular weight excluding hydrogens is 258 g/mol. The van der Waals surface area contributed by atoms with E-state index in [0.29, 0.717) is 11.5 Å². The molecule has 1 aromatic carbocycles. The van der Waals surface area contributed by atoms with Crippen molar-refractivity contribution in [2.45, 2.75) is 26.3 Å². The summed E-state index contributed by atoms with van der Waals surface area (Å²) in [4.78, 5) is 4.69. The van der Waals surface area contributed by atoms with Gasteiger partial charge in [0.1, 0.15) is 16.5 Å². The summed E-state index contributed by atoms with van der Waals surface area (Å²) >= 11 is 1.23. The minimum atomic E-state index is 0.637. The number of nitrogens with two attached hydrogens (primary N) is 1. The molecule has 0 amide bonds. The molecule has 6 heteroatoms. The molecule has 0 bridgehead atoms. The van der Waals surface area contributed by atoms with Gasteiger partial charge in [0.15, 0.2) is 0 Å². The molecule has 0 atom stereocenters. The van der Waals surface area contributed by atoms with Crippen LogP contribution in [0.3, 0.4) is 0 Å². The fraction of sp³-hybridized carbons (Fsp3) is 0.308. The number of fused-ring (bicyclic) bond motifs is 1. The molecule has 0 radical (unpaired) electrons. The number of benzene rings is 1. The lowest BCUT2D eigenvalue weighted by molar-refractivity contribution is 0.709. The van der Waals surface area contributed by atoms with Crippen molar-refractivity contribution < 1.29 is 0 Å². The van der Waals surface area contributed by atoms with Gasteiger partial charge in [0.05, 0.1) is 17.6 Å². The fourth-order valence-electron chi connectivity index (χ4n) is 2.19. The van der Waals surface area contributed by atoms with E-state index < -0.39 is 0 Å². The summed E-state index contributed by atoms with van der Waals surface area (Å²) in [6, 6.07) is 8.15. The molecule has 0 aliphatic heterocycles. The number of aromatic nitrogens is 4. The first-order valence-corrected chi connectivity index (χ1v) is 7.07. The van der Waals surface area contributed by atoms with Crippen LogP contribution in [0, 0.1) is 0 Å². The Morgan fingerprint density at radius 3 is 2.89 bits per heavy atom. The van der Waals surface area contributed by atoms with Gasteiger partial charge < -0.3 is 10.3 Å². The molecule has 0 aliphatic carbocycles. The summed E-state index contributed by atoms with van der Waals surface area (Å²) < 4.78 is 6.08. The van der Waals surface area contributed by atoms with E-state index in [0.717, 1.165) is 35.4 Å². The highest BCUT2D eigenvalue weighted by Gasteiger charge is 2.13. The van der Waals surface area contributed by atoms with Gasteiger partial charge in [-0.15, -0.1) is 5.10 Å². The molecule has 3 aromatic rings. The molecule has 2 heterocycles. The highest BCUT2D eigenvalue weighted by molar-refractivity contribution is 7.09. The van der Waals surface area contributed by atoms with Crippen molar-refractivity contribution >= 4 is 27.6 Å². The third-order valence-corrected chi connectivity index (χ3v) is 3.70. The van der Waals surface area contributed by atoms with E-state index in [4.69, 9.17) is 5.73 Å². The average Bonchev–Trinajstić information content (AvgIpc) is 2.96. The van der Waals surface area contributed by atoms with Crippen LogP contribution in [0.25, 0.3) is 11.0 Å². The van der Waals surface area contributed by atoms with Gasteiger partial charge in [0.2, 0.25) is 0 Å². The second-order valence-corrected chi connectivity index (χ2v) is 5.22. The van der Waals surface area contributed by atoms with Crippen molar-refractivity contribution in [1.29, 1.82) is 0 Å². The molecule has 0 fully saturated rings. The van der Waals surface area contributed by atoms with Crippen LogP contribution in [0.2, 0.25) is 0 Å². The first-order chi connectivity index (χ1) is 9.29. The van der Waals surface area contributed by atoms with Crippen molar-refractivity contribution in [3.8, 4) is 0 Å². The molecule has 2 N–H and O–H groups in total. The summed E-state index contributed by atoms with van der Waals surface area (Å²) in [5.74, 6) is 1.08. The Bertz CT molecular complexity index is 700. The van der Waals surface area contributed by atoms with Crippen LogP contribution in [0.5, 0.6) is 0 Å². The molecular formula is C13H15N5S. The number of para-hydroxylation sites is 2. The van der Waals surface area contributed by atoms with Gasteiger partial charge in [0.25, 0.3) is 0 Å². The molecule has 5 nitrogen and oxygen atoms in total. The number of hydrogen-bond donors (Lipinski definition) is 1. The number of imidazole rings is 1. The highest BCUT2D eigenvalue weighted by atomic mass is 32.1. The quantitative estimate of drug-likeness (QED) is 0.792. The lowest BCUT2D eigenvalue weighted by atomic mass is 10.3. The molecule has 0 spiro atoms. The van der Waals surface area contributed by atoms with Crippen LogP contribution >= 0.6 is 11.5 Å². The molecule has 98 valence electrons. The standard InChI is InChI=1S/C13H15N5S/c1-2-5-12-15-9-6-3-4-7-11(9)18(12)8-10-13(14)19-17-16-10/h3-4,6-7H,2,5,8,14H2,1H3. The molecule has 19 heavy (non-hydrogen) atoms. The smallest absolute Gasteiger partial charge is 0.132 e. The number of nitrogens with zero attached hydrogens (tertiary/aromatic N) is 4. The average molecular weight is 273 g/mol. The van der Waals surface area contributed by atoms with E-state index in [1.807, 2.05) is 18.2 Å². The first-order valence-electron chi connectivity index (χ1n) is 6.30. The van der Waals surface area contributed by atoms with Crippen LogP contribution in [0.15, 0.2) is 24.3 Å². The van der Waals surface area contributed by atoms with E-state index in [-0.39, 0.29) is 0 Å². The minimum absolute atomic E-state index is 0.637. The Hall–Kier alpha value is -1.95. The summed E-state index contributed by atoms with van der Waals surface area (Å²) in [5, 5.41) is 4.77. The Labute approximate surface area is 115 Å². The Kier molecular flexibility index (Phi) is 3.16. The van der Waals surface area contributed by atoms with E-state index in [9.17, 15) is 0 Å². The first kappa shape index (κ1) is 12.1. The van der Waals surface area contributed by atoms with Crippen LogP contribution in [-0.4, -0.2) is 19.1 Å². The topological polar surface area (TPSA) is 69.6 Å². The van der Waals surface area contributed by atoms with Crippen LogP contribution < -0.4 is 5.73 Å². The van der Waals surface area contributed by atoms with Gasteiger partial charge in [0, 0.05) is 18.0 Å². The molecule has 0 saturated heterocycles. The third-order valence-electron chi connectivity index (χ3n) is 3.10. The number of aryl methyl sites for hydroxylation is 1. The normalized spacial score (nSPS) is 11.2. The predicted octanol–water partition coefficient (Wildman–Crippen LogP) is 2.47. The number of nitrogen functional groups attached to an aromatic ring is 1. The largest absolute Gasteiger partial charge is 0.388 e. The number of rotatable bonds is 4. The summed E-state index contributed by atoms with van der Waals surface area (Å²) in [5.41, 5.74) is 8.85. The van der Waals surface area contributed by atoms with E-state index in [1.165, 1.54) is 11.5 Å². The molecule has 0 aliphatic rings. The van der Waals surface area contributed by atoms with Gasteiger partial charge in [-0.2, -0.15) is 0 Å². The van der Waals surface area contributed by atoms with Gasteiger partial charge in [-0.3, -0.25) is 0 Å².